The van der Waals surface area contributed by atoms with Crippen LogP contribution >= 0.6 is 0 Å². The molecule has 2 heteroatoms. The van der Waals surface area contributed by atoms with Crippen LogP contribution in [0.25, 0.3) is 0 Å². The van der Waals surface area contributed by atoms with Crippen LogP contribution in [0.3, 0.4) is 0 Å². The summed E-state index contributed by atoms with van der Waals surface area (Å²) in [5.41, 5.74) is 0.230. The molecule has 1 rings (SSSR count). The lowest BCUT2D eigenvalue weighted by molar-refractivity contribution is -0.154. The van der Waals surface area contributed by atoms with Gasteiger partial charge in [-0.2, -0.15) is 0 Å². The van der Waals surface area contributed by atoms with Gasteiger partial charge < -0.3 is 9.47 Å². The molecule has 0 amide bonds. The van der Waals surface area contributed by atoms with Crippen molar-refractivity contribution >= 4 is 0 Å². The van der Waals surface area contributed by atoms with E-state index < -0.39 is 0 Å². The first kappa shape index (κ1) is 10.6. The molecule has 1 aliphatic rings. The van der Waals surface area contributed by atoms with Crippen molar-refractivity contribution in [1.29, 1.82) is 0 Å². The summed E-state index contributed by atoms with van der Waals surface area (Å²) in [6.45, 7) is 7.46. The topological polar surface area (TPSA) is 18.5 Å². The summed E-state index contributed by atoms with van der Waals surface area (Å²) >= 11 is 0. The minimum absolute atomic E-state index is 0.230. The summed E-state index contributed by atoms with van der Waals surface area (Å²) in [5, 5.41) is 0. The minimum atomic E-state index is 0.230. The molecule has 1 unspecified atom stereocenters. The second kappa shape index (κ2) is 5.28. The van der Waals surface area contributed by atoms with Gasteiger partial charge in [-0.3, -0.25) is 0 Å². The van der Waals surface area contributed by atoms with Gasteiger partial charge in [-0.25, -0.2) is 0 Å². The van der Waals surface area contributed by atoms with Gasteiger partial charge in [0.1, 0.15) is 0 Å². The predicted molar refractivity (Wildman–Crippen MR) is 53.6 cm³/mol. The molecule has 1 heterocycles. The van der Waals surface area contributed by atoms with Crippen molar-refractivity contribution in [2.24, 2.45) is 0 Å². The quantitative estimate of drug-likeness (QED) is 0.447. The summed E-state index contributed by atoms with van der Waals surface area (Å²) in [6.07, 6.45) is 7.39. The second-order valence-corrected chi connectivity index (χ2v) is 3.63. The van der Waals surface area contributed by atoms with Crippen LogP contribution in [0.1, 0.15) is 39.0 Å². The molecule has 1 aliphatic heterocycles. The maximum Gasteiger partial charge on any atom is 0.0873 e. The van der Waals surface area contributed by atoms with E-state index in [4.69, 9.17) is 9.47 Å². The van der Waals surface area contributed by atoms with Crippen molar-refractivity contribution in [2.75, 3.05) is 13.2 Å². The first-order valence-electron chi connectivity index (χ1n) is 5.19. The minimum Gasteiger partial charge on any atom is -0.502 e. The van der Waals surface area contributed by atoms with E-state index in [9.17, 15) is 0 Å². The van der Waals surface area contributed by atoms with E-state index in [1.54, 1.807) is 0 Å². The lowest BCUT2D eigenvalue weighted by atomic mass is 9.86. The predicted octanol–water partition coefficient (Wildman–Crippen LogP) is 2.89. The number of hydrogen-bond donors (Lipinski definition) is 0. The van der Waals surface area contributed by atoms with E-state index in [0.717, 1.165) is 26.1 Å². The van der Waals surface area contributed by atoms with Crippen LogP contribution in [0, 0.1) is 0 Å². The second-order valence-electron chi connectivity index (χ2n) is 3.63. The highest BCUT2D eigenvalue weighted by atomic mass is 16.5. The maximum absolute atomic E-state index is 5.61. The third-order valence-electron chi connectivity index (χ3n) is 2.87. The van der Waals surface area contributed by atoms with Gasteiger partial charge >= 0.3 is 0 Å². The van der Waals surface area contributed by atoms with Gasteiger partial charge in [0.2, 0.25) is 0 Å². The average molecular weight is 184 g/mol. The van der Waals surface area contributed by atoms with Crippen LogP contribution in [0.5, 0.6) is 0 Å². The Hall–Kier alpha value is -0.500. The number of hydrogen-bond acceptors (Lipinski definition) is 2. The van der Waals surface area contributed by atoms with Crippen LogP contribution in [-0.4, -0.2) is 18.8 Å². The summed E-state index contributed by atoms with van der Waals surface area (Å²) in [5.74, 6) is 0. The first-order valence-corrected chi connectivity index (χ1v) is 5.19. The fourth-order valence-corrected chi connectivity index (χ4v) is 1.76. The zero-order valence-electron chi connectivity index (χ0n) is 8.55. The molecule has 0 aromatic carbocycles. The molecule has 1 saturated heterocycles. The standard InChI is InChI=1S/C11H20O2/c1-3-11(8-10-13-11)7-5-6-9-12-4-2/h4H,2-3,5-10H2,1H3. The fourth-order valence-electron chi connectivity index (χ4n) is 1.76. The number of rotatable bonds is 7. The zero-order chi connectivity index (χ0) is 9.57. The number of unbranched alkanes of at least 4 members (excludes halogenated alkanes) is 1. The van der Waals surface area contributed by atoms with E-state index in [1.165, 1.54) is 25.5 Å². The molecule has 0 aromatic heterocycles. The van der Waals surface area contributed by atoms with Gasteiger partial charge in [-0.1, -0.05) is 13.5 Å². The van der Waals surface area contributed by atoms with Crippen molar-refractivity contribution in [1.82, 2.24) is 0 Å². The molecule has 0 bridgehead atoms. The smallest absolute Gasteiger partial charge is 0.0873 e. The molecule has 2 nitrogen and oxygen atoms in total. The van der Waals surface area contributed by atoms with Crippen molar-refractivity contribution in [3.63, 3.8) is 0 Å². The Bertz CT molecular complexity index is 145. The highest BCUT2D eigenvalue weighted by Crippen LogP contribution is 2.34. The molecule has 0 N–H and O–H groups in total. The molecule has 0 aliphatic carbocycles. The van der Waals surface area contributed by atoms with E-state index >= 15 is 0 Å². The van der Waals surface area contributed by atoms with Crippen LogP contribution < -0.4 is 0 Å². The third-order valence-corrected chi connectivity index (χ3v) is 2.87. The molecule has 76 valence electrons. The molecule has 13 heavy (non-hydrogen) atoms. The van der Waals surface area contributed by atoms with Crippen LogP contribution in [0.4, 0.5) is 0 Å². The van der Waals surface area contributed by atoms with Crippen molar-refractivity contribution < 1.29 is 9.47 Å². The highest BCUT2D eigenvalue weighted by Gasteiger charge is 2.35. The molecule has 0 spiro atoms. The number of ether oxygens (including phenoxy) is 2. The summed E-state index contributed by atoms with van der Waals surface area (Å²) < 4.78 is 10.7. The van der Waals surface area contributed by atoms with E-state index in [1.807, 2.05) is 0 Å². The molecule has 1 atom stereocenters. The molecule has 0 saturated carbocycles. The Balaban J connectivity index is 2.00. The summed E-state index contributed by atoms with van der Waals surface area (Å²) in [6, 6.07) is 0. The van der Waals surface area contributed by atoms with Crippen molar-refractivity contribution in [3.05, 3.63) is 12.8 Å². The van der Waals surface area contributed by atoms with E-state index in [-0.39, 0.29) is 5.60 Å². The normalized spacial score (nSPS) is 26.5. The summed E-state index contributed by atoms with van der Waals surface area (Å²) in [7, 11) is 0. The van der Waals surface area contributed by atoms with Gasteiger partial charge in [0.05, 0.1) is 25.1 Å². The molecule has 0 radical (unpaired) electrons. The van der Waals surface area contributed by atoms with E-state index in [0.29, 0.717) is 0 Å². The molecular formula is C11H20O2. The van der Waals surface area contributed by atoms with Gasteiger partial charge in [-0.05, 0) is 32.1 Å². The highest BCUT2D eigenvalue weighted by molar-refractivity contribution is 4.85. The van der Waals surface area contributed by atoms with Crippen LogP contribution in [0.15, 0.2) is 12.8 Å². The lowest BCUT2D eigenvalue weighted by Gasteiger charge is -2.41. The van der Waals surface area contributed by atoms with Gasteiger partial charge in [-0.15, -0.1) is 0 Å². The molecular weight excluding hydrogens is 164 g/mol. The Morgan fingerprint density at radius 1 is 1.54 bits per heavy atom. The Morgan fingerprint density at radius 2 is 2.31 bits per heavy atom. The van der Waals surface area contributed by atoms with Crippen molar-refractivity contribution in [2.45, 2.75) is 44.6 Å². The molecule has 1 fully saturated rings. The maximum atomic E-state index is 5.61. The Morgan fingerprint density at radius 3 is 2.77 bits per heavy atom. The fraction of sp³-hybridized carbons (Fsp3) is 0.818. The van der Waals surface area contributed by atoms with Crippen LogP contribution in [0.2, 0.25) is 0 Å². The largest absolute Gasteiger partial charge is 0.502 e. The summed E-state index contributed by atoms with van der Waals surface area (Å²) in [4.78, 5) is 0. The molecule has 0 aromatic rings. The average Bonchev–Trinajstić information content (AvgIpc) is 2.09. The Labute approximate surface area is 80.9 Å². The SMILES string of the molecule is C=COCCCCC1(CC)CCO1. The van der Waals surface area contributed by atoms with Gasteiger partial charge in [0.15, 0.2) is 0 Å². The zero-order valence-corrected chi connectivity index (χ0v) is 8.55. The van der Waals surface area contributed by atoms with Crippen LogP contribution in [-0.2, 0) is 9.47 Å². The first-order chi connectivity index (χ1) is 6.33. The Kier molecular flexibility index (Phi) is 4.29. The van der Waals surface area contributed by atoms with E-state index in [2.05, 4.69) is 13.5 Å². The monoisotopic (exact) mass is 184 g/mol. The third kappa shape index (κ3) is 3.03. The van der Waals surface area contributed by atoms with Gasteiger partial charge in [0, 0.05) is 0 Å². The van der Waals surface area contributed by atoms with Gasteiger partial charge in [0.25, 0.3) is 0 Å². The van der Waals surface area contributed by atoms with Crippen molar-refractivity contribution in [3.8, 4) is 0 Å². The lowest BCUT2D eigenvalue weighted by Crippen LogP contribution is -2.42.